The summed E-state index contributed by atoms with van der Waals surface area (Å²) < 4.78 is 31.2. The molecular weight excluding hydrogens is 385 g/mol. The number of nitrogens with zero attached hydrogens (tertiary/aromatic N) is 1. The van der Waals surface area contributed by atoms with Gasteiger partial charge in [-0.15, -0.1) is 0 Å². The lowest BCUT2D eigenvalue weighted by Crippen LogP contribution is -2.57. The molecular formula is C21H23ClFNO4. The molecule has 0 aromatic heterocycles. The van der Waals surface area contributed by atoms with Crippen LogP contribution in [-0.2, 0) is 11.3 Å². The lowest BCUT2D eigenvalue weighted by atomic mass is 10.1. The Morgan fingerprint density at radius 2 is 1.89 bits per heavy atom. The predicted octanol–water partition coefficient (Wildman–Crippen LogP) is 5.06. The maximum Gasteiger partial charge on any atom is 0.410 e. The van der Waals surface area contributed by atoms with E-state index < -0.39 is 17.5 Å². The predicted molar refractivity (Wildman–Crippen MR) is 104 cm³/mol. The Labute approximate surface area is 168 Å². The molecule has 2 aromatic rings. The largest absolute Gasteiger partial charge is 0.483 e. The molecule has 28 heavy (non-hydrogen) atoms. The summed E-state index contributed by atoms with van der Waals surface area (Å²) in [6.45, 7) is 6.32. The number of likely N-dealkylation sites (tertiary alicyclic amines) is 1. The van der Waals surface area contributed by atoms with E-state index in [2.05, 4.69) is 0 Å². The van der Waals surface area contributed by atoms with E-state index in [1.807, 2.05) is 51.1 Å². The Balaban J connectivity index is 1.63. The van der Waals surface area contributed by atoms with E-state index in [0.717, 1.165) is 5.56 Å². The van der Waals surface area contributed by atoms with Gasteiger partial charge < -0.3 is 19.1 Å². The molecule has 7 heteroatoms. The van der Waals surface area contributed by atoms with Crippen molar-refractivity contribution >= 4 is 17.7 Å². The zero-order valence-corrected chi connectivity index (χ0v) is 16.8. The maximum atomic E-state index is 14.4. The molecule has 0 spiro atoms. The monoisotopic (exact) mass is 407 g/mol. The molecule has 0 unspecified atom stereocenters. The van der Waals surface area contributed by atoms with Crippen molar-refractivity contribution < 1.29 is 23.4 Å². The quantitative estimate of drug-likeness (QED) is 0.695. The fourth-order valence-corrected chi connectivity index (χ4v) is 2.86. The van der Waals surface area contributed by atoms with E-state index >= 15 is 0 Å². The number of benzene rings is 2. The van der Waals surface area contributed by atoms with Crippen LogP contribution in [0.25, 0.3) is 0 Å². The van der Waals surface area contributed by atoms with E-state index in [-0.39, 0.29) is 29.2 Å². The van der Waals surface area contributed by atoms with Crippen LogP contribution in [0.4, 0.5) is 9.18 Å². The molecule has 0 aliphatic carbocycles. The molecule has 150 valence electrons. The van der Waals surface area contributed by atoms with Gasteiger partial charge in [0.05, 0.1) is 13.1 Å². The van der Waals surface area contributed by atoms with Crippen LogP contribution in [0.15, 0.2) is 42.5 Å². The summed E-state index contributed by atoms with van der Waals surface area (Å²) in [5.41, 5.74) is 0.347. The Bertz CT molecular complexity index is 832. The van der Waals surface area contributed by atoms with Crippen molar-refractivity contribution in [1.29, 1.82) is 0 Å². The first-order valence-electron chi connectivity index (χ1n) is 9.01. The minimum Gasteiger partial charge on any atom is -0.483 e. The van der Waals surface area contributed by atoms with Crippen molar-refractivity contribution in [3.8, 4) is 11.5 Å². The molecule has 0 atom stereocenters. The summed E-state index contributed by atoms with van der Waals surface area (Å²) >= 11 is 5.98. The second kappa shape index (κ2) is 8.27. The van der Waals surface area contributed by atoms with Crippen molar-refractivity contribution in [1.82, 2.24) is 4.90 Å². The molecule has 0 saturated carbocycles. The summed E-state index contributed by atoms with van der Waals surface area (Å²) in [6, 6.07) is 12.1. The van der Waals surface area contributed by atoms with Crippen LogP contribution in [0, 0.1) is 5.82 Å². The zero-order valence-electron chi connectivity index (χ0n) is 16.1. The van der Waals surface area contributed by atoms with Gasteiger partial charge in [-0.05, 0) is 32.4 Å². The molecule has 0 N–H and O–H groups in total. The number of carbonyl (C=O) groups excluding carboxylic acids is 1. The van der Waals surface area contributed by atoms with Crippen LogP contribution in [0.3, 0.4) is 0 Å². The molecule has 1 aliphatic rings. The second-order valence-corrected chi connectivity index (χ2v) is 8.05. The summed E-state index contributed by atoms with van der Waals surface area (Å²) in [6.07, 6.45) is -0.686. The topological polar surface area (TPSA) is 48.0 Å². The van der Waals surface area contributed by atoms with Gasteiger partial charge in [-0.1, -0.05) is 41.9 Å². The van der Waals surface area contributed by atoms with Gasteiger partial charge in [0, 0.05) is 11.1 Å². The van der Waals surface area contributed by atoms with E-state index in [4.69, 9.17) is 25.8 Å². The van der Waals surface area contributed by atoms with E-state index in [0.29, 0.717) is 13.1 Å². The average molecular weight is 408 g/mol. The fourth-order valence-electron chi connectivity index (χ4n) is 2.66. The van der Waals surface area contributed by atoms with Crippen LogP contribution >= 0.6 is 11.6 Å². The van der Waals surface area contributed by atoms with E-state index in [1.54, 1.807) is 0 Å². The third-order valence-electron chi connectivity index (χ3n) is 3.99. The van der Waals surface area contributed by atoms with Crippen molar-refractivity contribution in [3.63, 3.8) is 0 Å². The molecule has 1 heterocycles. The van der Waals surface area contributed by atoms with E-state index in [1.165, 1.54) is 17.0 Å². The van der Waals surface area contributed by atoms with E-state index in [9.17, 15) is 9.18 Å². The first-order chi connectivity index (χ1) is 13.2. The summed E-state index contributed by atoms with van der Waals surface area (Å²) in [5, 5.41) is 0.211. The SMILES string of the molecule is CC(C)(C)OC(=O)N1CC(Oc2cc(Cl)cc(F)c2OCc2ccccc2)C1. The molecule has 2 aromatic carbocycles. The van der Waals surface area contributed by atoms with Gasteiger partial charge in [-0.2, -0.15) is 0 Å². The average Bonchev–Trinajstić information content (AvgIpc) is 2.56. The fraction of sp³-hybridized carbons (Fsp3) is 0.381. The third kappa shape index (κ3) is 5.29. The summed E-state index contributed by atoms with van der Waals surface area (Å²) in [4.78, 5) is 13.5. The van der Waals surface area contributed by atoms with Gasteiger partial charge in [0.1, 0.15) is 18.3 Å². The highest BCUT2D eigenvalue weighted by atomic mass is 35.5. The van der Waals surface area contributed by atoms with Crippen LogP contribution in [0.1, 0.15) is 26.3 Å². The molecule has 1 fully saturated rings. The highest BCUT2D eigenvalue weighted by Crippen LogP contribution is 2.36. The lowest BCUT2D eigenvalue weighted by Gasteiger charge is -2.39. The van der Waals surface area contributed by atoms with Crippen LogP contribution in [0.5, 0.6) is 11.5 Å². The minimum absolute atomic E-state index is 0.00368. The van der Waals surface area contributed by atoms with Crippen LogP contribution in [-0.4, -0.2) is 35.8 Å². The number of hydrogen-bond acceptors (Lipinski definition) is 4. The van der Waals surface area contributed by atoms with Gasteiger partial charge >= 0.3 is 6.09 Å². The Hall–Kier alpha value is -2.47. The molecule has 1 amide bonds. The van der Waals surface area contributed by atoms with Crippen molar-refractivity contribution in [2.24, 2.45) is 0 Å². The smallest absolute Gasteiger partial charge is 0.410 e. The number of amides is 1. The Kier molecular flexibility index (Phi) is 5.98. The van der Waals surface area contributed by atoms with Crippen molar-refractivity contribution in [2.45, 2.75) is 39.1 Å². The molecule has 0 bridgehead atoms. The van der Waals surface area contributed by atoms with Crippen molar-refractivity contribution in [2.75, 3.05) is 13.1 Å². The van der Waals surface area contributed by atoms with Gasteiger partial charge in [-0.25, -0.2) is 9.18 Å². The molecule has 1 saturated heterocycles. The van der Waals surface area contributed by atoms with Gasteiger partial charge in [0.2, 0.25) is 0 Å². The number of rotatable bonds is 5. The number of hydrogen-bond donors (Lipinski definition) is 0. The highest BCUT2D eigenvalue weighted by Gasteiger charge is 2.36. The maximum absolute atomic E-state index is 14.4. The Morgan fingerprint density at radius 1 is 1.21 bits per heavy atom. The van der Waals surface area contributed by atoms with Gasteiger partial charge in [-0.3, -0.25) is 0 Å². The second-order valence-electron chi connectivity index (χ2n) is 7.61. The zero-order chi connectivity index (χ0) is 20.3. The Morgan fingerprint density at radius 3 is 2.54 bits per heavy atom. The molecule has 5 nitrogen and oxygen atoms in total. The molecule has 3 rings (SSSR count). The van der Waals surface area contributed by atoms with Gasteiger partial charge in [0.25, 0.3) is 0 Å². The number of ether oxygens (including phenoxy) is 3. The summed E-state index contributed by atoms with van der Waals surface area (Å²) in [7, 11) is 0. The lowest BCUT2D eigenvalue weighted by molar-refractivity contribution is -0.0229. The number of carbonyl (C=O) groups is 1. The first-order valence-corrected chi connectivity index (χ1v) is 9.39. The molecule has 0 radical (unpaired) electrons. The van der Waals surface area contributed by atoms with Crippen LogP contribution < -0.4 is 9.47 Å². The van der Waals surface area contributed by atoms with Crippen LogP contribution in [0.2, 0.25) is 5.02 Å². The standard InChI is InChI=1S/C21H23ClFNO4/c1-21(2,3)28-20(25)24-11-16(12-24)27-18-10-15(22)9-17(23)19(18)26-13-14-7-5-4-6-8-14/h4-10,16H,11-13H2,1-3H3. The van der Waals surface area contributed by atoms with Crippen molar-refractivity contribution in [3.05, 3.63) is 58.9 Å². The molecule has 1 aliphatic heterocycles. The highest BCUT2D eigenvalue weighted by molar-refractivity contribution is 6.30. The minimum atomic E-state index is -0.596. The normalized spacial score (nSPS) is 14.4. The number of halogens is 2. The summed E-state index contributed by atoms with van der Waals surface area (Å²) in [5.74, 6) is -0.375. The first kappa shape index (κ1) is 20.3. The van der Waals surface area contributed by atoms with Gasteiger partial charge in [0.15, 0.2) is 17.3 Å². The third-order valence-corrected chi connectivity index (χ3v) is 4.21.